The van der Waals surface area contributed by atoms with Gasteiger partial charge in [0.25, 0.3) is 5.91 Å². The Morgan fingerprint density at radius 2 is 1.82 bits per heavy atom. The summed E-state index contributed by atoms with van der Waals surface area (Å²) in [6.45, 7) is 0.870. The van der Waals surface area contributed by atoms with Crippen LogP contribution in [0.1, 0.15) is 49.0 Å². The van der Waals surface area contributed by atoms with Gasteiger partial charge in [-0.25, -0.2) is 4.98 Å². The molecule has 0 bridgehead atoms. The molecule has 0 unspecified atom stereocenters. The minimum atomic E-state index is 0.0647. The largest absolute Gasteiger partial charge is 0.334 e. The van der Waals surface area contributed by atoms with Gasteiger partial charge in [0.1, 0.15) is 5.69 Å². The van der Waals surface area contributed by atoms with E-state index in [1.54, 1.807) is 6.20 Å². The number of likely N-dealkylation sites (tertiary alicyclic amines) is 1. The highest BCUT2D eigenvalue weighted by atomic mass is 16.2. The number of para-hydroxylation sites is 2. The molecular weight excluding hydrogens is 274 g/mol. The minimum Gasteiger partial charge on any atom is -0.334 e. The first-order valence-electron chi connectivity index (χ1n) is 8.36. The maximum Gasteiger partial charge on any atom is 0.274 e. The molecule has 1 amide bonds. The van der Waals surface area contributed by atoms with E-state index < -0.39 is 0 Å². The van der Waals surface area contributed by atoms with Crippen LogP contribution in [0.2, 0.25) is 0 Å². The molecule has 0 N–H and O–H groups in total. The van der Waals surface area contributed by atoms with E-state index in [0.29, 0.717) is 17.7 Å². The smallest absolute Gasteiger partial charge is 0.274 e. The lowest BCUT2D eigenvalue weighted by Crippen LogP contribution is -2.49. The van der Waals surface area contributed by atoms with Crippen LogP contribution in [0.25, 0.3) is 11.0 Å². The number of hydrogen-bond acceptors (Lipinski definition) is 3. The second-order valence-electron chi connectivity index (χ2n) is 6.50. The van der Waals surface area contributed by atoms with Crippen LogP contribution in [0.4, 0.5) is 0 Å². The molecule has 4 nitrogen and oxygen atoms in total. The second kappa shape index (κ2) is 5.67. The van der Waals surface area contributed by atoms with Crippen molar-refractivity contribution in [2.75, 3.05) is 6.54 Å². The van der Waals surface area contributed by atoms with E-state index in [1.807, 2.05) is 24.3 Å². The van der Waals surface area contributed by atoms with Gasteiger partial charge in [0.05, 0.1) is 17.2 Å². The number of fused-ring (bicyclic) bond motifs is 2. The van der Waals surface area contributed by atoms with E-state index in [1.165, 1.54) is 25.7 Å². The Bertz CT molecular complexity index is 698. The molecule has 1 saturated carbocycles. The molecule has 0 spiro atoms. The Morgan fingerprint density at radius 1 is 1.05 bits per heavy atom. The Hall–Kier alpha value is -1.97. The average Bonchev–Trinajstić information content (AvgIpc) is 2.60. The lowest BCUT2D eigenvalue weighted by molar-refractivity contribution is 0.0385. The SMILES string of the molecule is O=C(c1cnc2ccccc2n1)N1CCC[C@H]2CCCC[C@H]21. The zero-order valence-electron chi connectivity index (χ0n) is 12.7. The fourth-order valence-corrected chi connectivity index (χ4v) is 4.08. The molecule has 1 aromatic heterocycles. The molecule has 114 valence electrons. The number of hydrogen-bond donors (Lipinski definition) is 0. The van der Waals surface area contributed by atoms with E-state index >= 15 is 0 Å². The summed E-state index contributed by atoms with van der Waals surface area (Å²) in [6.07, 6.45) is 9.02. The van der Waals surface area contributed by atoms with Crippen molar-refractivity contribution < 1.29 is 4.79 Å². The van der Waals surface area contributed by atoms with Gasteiger partial charge in [0.15, 0.2) is 0 Å². The molecule has 2 fully saturated rings. The molecule has 0 radical (unpaired) electrons. The van der Waals surface area contributed by atoms with Crippen molar-refractivity contribution in [3.05, 3.63) is 36.2 Å². The van der Waals surface area contributed by atoms with Crippen LogP contribution in [-0.2, 0) is 0 Å². The molecule has 2 aliphatic rings. The maximum atomic E-state index is 12.9. The molecule has 1 saturated heterocycles. The van der Waals surface area contributed by atoms with E-state index in [0.717, 1.165) is 30.4 Å². The summed E-state index contributed by atoms with van der Waals surface area (Å²) in [5.41, 5.74) is 2.13. The Morgan fingerprint density at radius 3 is 2.73 bits per heavy atom. The molecule has 2 heterocycles. The highest BCUT2D eigenvalue weighted by Gasteiger charge is 2.36. The second-order valence-corrected chi connectivity index (χ2v) is 6.50. The topological polar surface area (TPSA) is 46.1 Å². The molecule has 2 atom stereocenters. The lowest BCUT2D eigenvalue weighted by atomic mass is 9.78. The van der Waals surface area contributed by atoms with E-state index in [4.69, 9.17) is 0 Å². The number of carbonyl (C=O) groups is 1. The summed E-state index contributed by atoms with van der Waals surface area (Å²) in [7, 11) is 0. The number of benzene rings is 1. The van der Waals surface area contributed by atoms with Gasteiger partial charge in [0, 0.05) is 12.6 Å². The van der Waals surface area contributed by atoms with Gasteiger partial charge in [0.2, 0.25) is 0 Å². The fraction of sp³-hybridized carbons (Fsp3) is 0.500. The van der Waals surface area contributed by atoms with E-state index in [-0.39, 0.29) is 5.91 Å². The van der Waals surface area contributed by atoms with Crippen LogP contribution in [0, 0.1) is 5.92 Å². The minimum absolute atomic E-state index is 0.0647. The third-order valence-corrected chi connectivity index (χ3v) is 5.17. The van der Waals surface area contributed by atoms with Crippen molar-refractivity contribution in [2.24, 2.45) is 5.92 Å². The lowest BCUT2D eigenvalue weighted by Gasteiger charge is -2.44. The molecule has 1 aliphatic carbocycles. The van der Waals surface area contributed by atoms with Gasteiger partial charge in [-0.1, -0.05) is 25.0 Å². The van der Waals surface area contributed by atoms with Crippen LogP contribution in [0.3, 0.4) is 0 Å². The molecule has 2 aromatic rings. The predicted molar refractivity (Wildman–Crippen MR) is 85.6 cm³/mol. The summed E-state index contributed by atoms with van der Waals surface area (Å²) in [6, 6.07) is 8.13. The molecule has 22 heavy (non-hydrogen) atoms. The first-order chi connectivity index (χ1) is 10.8. The summed E-state index contributed by atoms with van der Waals surface area (Å²) in [5, 5.41) is 0. The molecule has 1 aliphatic heterocycles. The third-order valence-electron chi connectivity index (χ3n) is 5.17. The molecule has 4 rings (SSSR count). The summed E-state index contributed by atoms with van der Waals surface area (Å²) >= 11 is 0. The van der Waals surface area contributed by atoms with Crippen LogP contribution in [0.15, 0.2) is 30.5 Å². The molecule has 1 aromatic carbocycles. The highest BCUT2D eigenvalue weighted by Crippen LogP contribution is 2.35. The summed E-state index contributed by atoms with van der Waals surface area (Å²) < 4.78 is 0. The number of rotatable bonds is 1. The average molecular weight is 295 g/mol. The van der Waals surface area contributed by atoms with Crippen LogP contribution in [0.5, 0.6) is 0 Å². The van der Waals surface area contributed by atoms with Gasteiger partial charge in [-0.05, 0) is 43.7 Å². The van der Waals surface area contributed by atoms with Crippen molar-refractivity contribution in [3.63, 3.8) is 0 Å². The van der Waals surface area contributed by atoms with E-state index in [2.05, 4.69) is 14.9 Å². The highest BCUT2D eigenvalue weighted by molar-refractivity contribution is 5.94. The van der Waals surface area contributed by atoms with Crippen molar-refractivity contribution in [3.8, 4) is 0 Å². The van der Waals surface area contributed by atoms with Crippen molar-refractivity contribution in [1.29, 1.82) is 0 Å². The van der Waals surface area contributed by atoms with Gasteiger partial charge >= 0.3 is 0 Å². The number of nitrogens with zero attached hydrogens (tertiary/aromatic N) is 3. The van der Waals surface area contributed by atoms with E-state index in [9.17, 15) is 4.79 Å². The zero-order chi connectivity index (χ0) is 14.9. The number of carbonyl (C=O) groups excluding carboxylic acids is 1. The monoisotopic (exact) mass is 295 g/mol. The van der Waals surface area contributed by atoms with Crippen molar-refractivity contribution in [2.45, 2.75) is 44.6 Å². The Labute approximate surface area is 130 Å². The maximum absolute atomic E-state index is 12.9. The van der Waals surface area contributed by atoms with Crippen LogP contribution < -0.4 is 0 Å². The Balaban J connectivity index is 1.64. The first kappa shape index (κ1) is 13.7. The number of piperidine rings is 1. The van der Waals surface area contributed by atoms with Crippen molar-refractivity contribution >= 4 is 16.9 Å². The molecular formula is C18H21N3O. The normalized spacial score (nSPS) is 25.0. The number of amides is 1. The zero-order valence-corrected chi connectivity index (χ0v) is 12.7. The fourth-order valence-electron chi connectivity index (χ4n) is 4.08. The summed E-state index contributed by atoms with van der Waals surface area (Å²) in [5.74, 6) is 0.759. The predicted octanol–water partition coefficient (Wildman–Crippen LogP) is 3.42. The quantitative estimate of drug-likeness (QED) is 0.809. The standard InChI is InChI=1S/C18H21N3O/c22-18(16-12-19-14-8-2-3-9-15(14)20-16)21-11-5-7-13-6-1-4-10-17(13)21/h2-3,8-9,12-13,17H,1,4-7,10-11H2/t13-,17-/m1/s1. The van der Waals surface area contributed by atoms with Gasteiger partial charge in [-0.3, -0.25) is 9.78 Å². The molecule has 4 heteroatoms. The third kappa shape index (κ3) is 2.36. The van der Waals surface area contributed by atoms with Gasteiger partial charge in [-0.15, -0.1) is 0 Å². The van der Waals surface area contributed by atoms with Gasteiger partial charge in [-0.2, -0.15) is 0 Å². The van der Waals surface area contributed by atoms with Gasteiger partial charge < -0.3 is 4.90 Å². The van der Waals surface area contributed by atoms with Crippen LogP contribution >= 0.6 is 0 Å². The van der Waals surface area contributed by atoms with Crippen LogP contribution in [-0.4, -0.2) is 33.4 Å². The van der Waals surface area contributed by atoms with Crippen molar-refractivity contribution in [1.82, 2.24) is 14.9 Å². The first-order valence-corrected chi connectivity index (χ1v) is 8.36. The Kier molecular flexibility index (Phi) is 3.53. The summed E-state index contributed by atoms with van der Waals surface area (Å²) in [4.78, 5) is 23.9. The number of aromatic nitrogens is 2.